The van der Waals surface area contributed by atoms with Gasteiger partial charge in [0.2, 0.25) is 5.91 Å². The Hall–Kier alpha value is -2.97. The molecule has 2 saturated heterocycles. The van der Waals surface area contributed by atoms with Crippen molar-refractivity contribution in [1.82, 2.24) is 5.32 Å². The van der Waals surface area contributed by atoms with E-state index in [9.17, 15) is 14.4 Å². The van der Waals surface area contributed by atoms with Gasteiger partial charge < -0.3 is 19.2 Å². The number of carbonyl (C=O) groups is 3. The van der Waals surface area contributed by atoms with Crippen LogP contribution >= 0.6 is 0 Å². The van der Waals surface area contributed by atoms with Crippen LogP contribution in [0, 0.1) is 11.8 Å². The number of nitrogens with one attached hydrogen (secondary N) is 1. The zero-order chi connectivity index (χ0) is 27.6. The second-order valence-electron chi connectivity index (χ2n) is 12.2. The van der Waals surface area contributed by atoms with Crippen molar-refractivity contribution in [3.8, 4) is 0 Å². The van der Waals surface area contributed by atoms with Crippen molar-refractivity contribution in [2.75, 3.05) is 18.1 Å². The Balaban J connectivity index is 1.51. The van der Waals surface area contributed by atoms with Crippen LogP contribution in [0.15, 0.2) is 47.1 Å². The smallest absolute Gasteiger partial charge is 0.303 e. The van der Waals surface area contributed by atoms with Crippen molar-refractivity contribution in [3.05, 3.63) is 54.0 Å². The van der Waals surface area contributed by atoms with Gasteiger partial charge >= 0.3 is 5.91 Å². The molecule has 4 atom stereocenters. The van der Waals surface area contributed by atoms with E-state index in [0.717, 1.165) is 37.7 Å². The number of benzene rings is 1. The molecule has 8 heteroatoms. The SMILES string of the molecule is CC(C)(C)c1ccc(N(C(=O)C(=O)c2ccco2)C(CC2COC3OCCC23)C(=O)NC2CCCCC2)cc1. The van der Waals surface area contributed by atoms with E-state index < -0.39 is 17.7 Å². The van der Waals surface area contributed by atoms with Gasteiger partial charge in [0.25, 0.3) is 5.78 Å². The Labute approximate surface area is 230 Å². The Morgan fingerprint density at radius 1 is 1.00 bits per heavy atom. The van der Waals surface area contributed by atoms with Crippen molar-refractivity contribution in [1.29, 1.82) is 0 Å². The molecule has 0 radical (unpaired) electrons. The summed E-state index contributed by atoms with van der Waals surface area (Å²) in [5.41, 5.74) is 1.51. The van der Waals surface area contributed by atoms with Crippen molar-refractivity contribution >= 4 is 23.3 Å². The zero-order valence-corrected chi connectivity index (χ0v) is 23.2. The number of amides is 2. The quantitative estimate of drug-likeness (QED) is 0.376. The topological polar surface area (TPSA) is 98.1 Å². The first-order valence-electron chi connectivity index (χ1n) is 14.3. The van der Waals surface area contributed by atoms with Crippen molar-refractivity contribution in [2.45, 2.75) is 89.5 Å². The van der Waals surface area contributed by atoms with Gasteiger partial charge in [-0.25, -0.2) is 0 Å². The predicted molar refractivity (Wildman–Crippen MR) is 146 cm³/mol. The van der Waals surface area contributed by atoms with E-state index in [-0.39, 0.29) is 41.3 Å². The number of rotatable bonds is 8. The summed E-state index contributed by atoms with van der Waals surface area (Å²) in [7, 11) is 0. The molecule has 1 N–H and O–H groups in total. The average Bonchev–Trinajstić information content (AvgIpc) is 3.68. The number of Topliss-reactive ketones (excluding diaryl/α,β-unsaturated/α-hetero) is 1. The first kappa shape index (κ1) is 27.6. The van der Waals surface area contributed by atoms with Gasteiger partial charge in [-0.05, 0) is 66.8 Å². The molecule has 4 unspecified atom stereocenters. The summed E-state index contributed by atoms with van der Waals surface area (Å²) in [6.07, 6.45) is 7.48. The van der Waals surface area contributed by atoms with Gasteiger partial charge in [-0.15, -0.1) is 0 Å². The van der Waals surface area contributed by atoms with Crippen LogP contribution in [-0.2, 0) is 24.5 Å². The van der Waals surface area contributed by atoms with Crippen LogP contribution < -0.4 is 10.2 Å². The van der Waals surface area contributed by atoms with E-state index in [1.165, 1.54) is 23.7 Å². The molecule has 3 fully saturated rings. The zero-order valence-electron chi connectivity index (χ0n) is 23.2. The van der Waals surface area contributed by atoms with E-state index in [1.807, 2.05) is 24.3 Å². The minimum Gasteiger partial charge on any atom is -0.461 e. The molecule has 2 amide bonds. The predicted octanol–water partition coefficient (Wildman–Crippen LogP) is 5.01. The highest BCUT2D eigenvalue weighted by Gasteiger charge is 2.46. The fourth-order valence-electron chi connectivity index (χ4n) is 6.14. The highest BCUT2D eigenvalue weighted by molar-refractivity contribution is 6.47. The monoisotopic (exact) mass is 536 g/mol. The molecule has 1 saturated carbocycles. The van der Waals surface area contributed by atoms with Gasteiger partial charge in [-0.2, -0.15) is 0 Å². The standard InChI is InChI=1S/C31H40N2O6/c1-31(2,3)21-11-13-23(14-12-21)33(29(36)27(34)26-10-7-16-37-26)25(28(35)32-22-8-5-4-6-9-22)18-20-19-39-30-24(20)15-17-38-30/h7,10-14,16,20,22,24-25,30H,4-6,8-9,15,17-19H2,1-3H3,(H,32,35). The largest absolute Gasteiger partial charge is 0.461 e. The highest BCUT2D eigenvalue weighted by Crippen LogP contribution is 2.39. The Morgan fingerprint density at radius 2 is 1.74 bits per heavy atom. The maximum absolute atomic E-state index is 14.0. The molecule has 39 heavy (non-hydrogen) atoms. The number of carbonyl (C=O) groups excluding carboxylic acids is 3. The summed E-state index contributed by atoms with van der Waals surface area (Å²) in [4.78, 5) is 42.7. The van der Waals surface area contributed by atoms with Crippen LogP contribution in [0.1, 0.15) is 81.8 Å². The summed E-state index contributed by atoms with van der Waals surface area (Å²) < 4.78 is 16.9. The van der Waals surface area contributed by atoms with Crippen LogP contribution in [0.25, 0.3) is 0 Å². The first-order valence-corrected chi connectivity index (χ1v) is 14.3. The number of furan rings is 1. The lowest BCUT2D eigenvalue weighted by Gasteiger charge is -2.34. The molecule has 3 aliphatic rings. The van der Waals surface area contributed by atoms with Crippen molar-refractivity contribution in [3.63, 3.8) is 0 Å². The summed E-state index contributed by atoms with van der Waals surface area (Å²) in [5.74, 6) is -1.64. The minimum absolute atomic E-state index is 0.0301. The average molecular weight is 537 g/mol. The lowest BCUT2D eigenvalue weighted by molar-refractivity contribution is -0.126. The molecule has 0 bridgehead atoms. The number of fused-ring (bicyclic) bond motifs is 1. The molecular formula is C31H40N2O6. The number of nitrogens with zero attached hydrogens (tertiary/aromatic N) is 1. The van der Waals surface area contributed by atoms with E-state index in [4.69, 9.17) is 13.9 Å². The summed E-state index contributed by atoms with van der Waals surface area (Å²) >= 11 is 0. The van der Waals surface area contributed by atoms with E-state index in [1.54, 1.807) is 6.07 Å². The minimum atomic E-state index is -0.883. The first-order chi connectivity index (χ1) is 18.7. The van der Waals surface area contributed by atoms with E-state index in [0.29, 0.717) is 25.3 Å². The number of anilines is 1. The maximum Gasteiger partial charge on any atom is 0.303 e. The number of hydrogen-bond donors (Lipinski definition) is 1. The number of ketones is 1. The maximum atomic E-state index is 14.0. The number of hydrogen-bond acceptors (Lipinski definition) is 6. The van der Waals surface area contributed by atoms with Crippen LogP contribution in [0.3, 0.4) is 0 Å². The molecule has 210 valence electrons. The fourth-order valence-corrected chi connectivity index (χ4v) is 6.14. The third-order valence-electron chi connectivity index (χ3n) is 8.42. The molecular weight excluding hydrogens is 496 g/mol. The van der Waals surface area contributed by atoms with Gasteiger partial charge in [-0.1, -0.05) is 52.2 Å². The van der Waals surface area contributed by atoms with E-state index in [2.05, 4.69) is 26.1 Å². The van der Waals surface area contributed by atoms with Crippen LogP contribution in [0.2, 0.25) is 0 Å². The van der Waals surface area contributed by atoms with Crippen LogP contribution in [0.5, 0.6) is 0 Å². The van der Waals surface area contributed by atoms with Gasteiger partial charge in [0.05, 0.1) is 19.5 Å². The molecule has 2 aromatic rings. The molecule has 8 nitrogen and oxygen atoms in total. The third-order valence-corrected chi connectivity index (χ3v) is 8.42. The van der Waals surface area contributed by atoms with Crippen LogP contribution in [-0.4, -0.2) is 49.2 Å². The molecule has 1 aromatic heterocycles. The summed E-state index contributed by atoms with van der Waals surface area (Å²) in [6.45, 7) is 7.43. The third kappa shape index (κ3) is 6.12. The number of ether oxygens (including phenoxy) is 2. The second kappa shape index (κ2) is 11.6. The lowest BCUT2D eigenvalue weighted by atomic mass is 9.85. The Morgan fingerprint density at radius 3 is 2.41 bits per heavy atom. The van der Waals surface area contributed by atoms with Gasteiger partial charge in [-0.3, -0.25) is 19.3 Å². The van der Waals surface area contributed by atoms with E-state index >= 15 is 0 Å². The Kier molecular flexibility index (Phi) is 8.24. The summed E-state index contributed by atoms with van der Waals surface area (Å²) in [6, 6.07) is 9.83. The lowest BCUT2D eigenvalue weighted by Crippen LogP contribution is -2.55. The molecule has 1 aliphatic carbocycles. The fraction of sp³-hybridized carbons (Fsp3) is 0.581. The van der Waals surface area contributed by atoms with Crippen molar-refractivity contribution < 1.29 is 28.3 Å². The Bertz CT molecular complexity index is 1150. The molecule has 2 aliphatic heterocycles. The summed E-state index contributed by atoms with van der Waals surface area (Å²) in [5, 5.41) is 3.23. The van der Waals surface area contributed by atoms with Gasteiger partial charge in [0.1, 0.15) is 6.04 Å². The van der Waals surface area contributed by atoms with Gasteiger partial charge in [0.15, 0.2) is 12.1 Å². The van der Waals surface area contributed by atoms with Crippen molar-refractivity contribution in [2.24, 2.45) is 11.8 Å². The molecule has 3 heterocycles. The second-order valence-corrected chi connectivity index (χ2v) is 12.2. The molecule has 1 aromatic carbocycles. The van der Waals surface area contributed by atoms with Crippen LogP contribution in [0.4, 0.5) is 5.69 Å². The molecule has 0 spiro atoms. The molecule has 5 rings (SSSR count). The van der Waals surface area contributed by atoms with Gasteiger partial charge in [0, 0.05) is 17.6 Å². The normalized spacial score (nSPS) is 24.2. The highest BCUT2D eigenvalue weighted by atomic mass is 16.7.